The number of nitrogens with two attached hydrogens (primary N) is 1. The SMILES string of the molecule is Nc1ccc(Oc2ccc(C=Cc3ccsc3)cc2O)c(F)c1. The molecule has 0 aliphatic carbocycles. The summed E-state index contributed by atoms with van der Waals surface area (Å²) >= 11 is 1.62. The maximum atomic E-state index is 13.7. The van der Waals surface area contributed by atoms with E-state index in [1.165, 1.54) is 18.2 Å². The van der Waals surface area contributed by atoms with Gasteiger partial charge in [-0.3, -0.25) is 0 Å². The molecule has 0 atom stereocenters. The van der Waals surface area contributed by atoms with E-state index in [-0.39, 0.29) is 17.2 Å². The first-order valence-corrected chi connectivity index (χ1v) is 7.82. The van der Waals surface area contributed by atoms with Crippen LogP contribution in [0.15, 0.2) is 53.2 Å². The van der Waals surface area contributed by atoms with Crippen molar-refractivity contribution in [2.45, 2.75) is 0 Å². The molecule has 1 aromatic heterocycles. The predicted molar refractivity (Wildman–Crippen MR) is 92.2 cm³/mol. The lowest BCUT2D eigenvalue weighted by molar-refractivity contribution is 0.396. The average Bonchev–Trinajstić information content (AvgIpc) is 3.03. The van der Waals surface area contributed by atoms with Crippen molar-refractivity contribution in [1.29, 1.82) is 0 Å². The topological polar surface area (TPSA) is 55.5 Å². The Balaban J connectivity index is 1.79. The molecule has 3 aromatic rings. The molecule has 0 aliphatic rings. The van der Waals surface area contributed by atoms with Crippen LogP contribution in [-0.2, 0) is 0 Å². The molecule has 0 unspecified atom stereocenters. The second kappa shape index (κ2) is 6.54. The van der Waals surface area contributed by atoms with E-state index in [1.54, 1.807) is 29.5 Å². The number of benzene rings is 2. The zero-order valence-corrected chi connectivity index (χ0v) is 12.9. The van der Waals surface area contributed by atoms with Gasteiger partial charge in [0.1, 0.15) is 0 Å². The van der Waals surface area contributed by atoms with Gasteiger partial charge in [-0.05, 0) is 52.2 Å². The van der Waals surface area contributed by atoms with Crippen molar-refractivity contribution in [3.05, 3.63) is 70.2 Å². The lowest BCUT2D eigenvalue weighted by Gasteiger charge is -2.09. The van der Waals surface area contributed by atoms with Gasteiger partial charge in [0.25, 0.3) is 0 Å². The highest BCUT2D eigenvalue weighted by Crippen LogP contribution is 2.33. The van der Waals surface area contributed by atoms with Crippen LogP contribution in [0.2, 0.25) is 0 Å². The Hall–Kier alpha value is -2.79. The highest BCUT2D eigenvalue weighted by Gasteiger charge is 2.09. The first-order chi connectivity index (χ1) is 11.1. The van der Waals surface area contributed by atoms with Gasteiger partial charge in [0.15, 0.2) is 23.1 Å². The number of halogens is 1. The smallest absolute Gasteiger partial charge is 0.169 e. The summed E-state index contributed by atoms with van der Waals surface area (Å²) in [5, 5.41) is 14.1. The number of hydrogen-bond donors (Lipinski definition) is 2. The van der Waals surface area contributed by atoms with E-state index in [0.29, 0.717) is 5.69 Å². The molecule has 3 N–H and O–H groups in total. The van der Waals surface area contributed by atoms with E-state index in [0.717, 1.165) is 11.1 Å². The fourth-order valence-electron chi connectivity index (χ4n) is 2.00. The van der Waals surface area contributed by atoms with Gasteiger partial charge in [-0.2, -0.15) is 11.3 Å². The predicted octanol–water partition coefficient (Wildman–Crippen LogP) is 5.14. The van der Waals surface area contributed by atoms with Crippen LogP contribution in [-0.4, -0.2) is 5.11 Å². The van der Waals surface area contributed by atoms with Crippen molar-refractivity contribution in [3.63, 3.8) is 0 Å². The lowest BCUT2D eigenvalue weighted by atomic mass is 10.1. The van der Waals surface area contributed by atoms with Gasteiger partial charge in [0, 0.05) is 11.8 Å². The van der Waals surface area contributed by atoms with Crippen molar-refractivity contribution >= 4 is 29.2 Å². The molecule has 0 fully saturated rings. The molecule has 0 amide bonds. The molecule has 23 heavy (non-hydrogen) atoms. The van der Waals surface area contributed by atoms with E-state index in [2.05, 4.69) is 0 Å². The normalized spacial score (nSPS) is 11.0. The minimum atomic E-state index is -0.578. The summed E-state index contributed by atoms with van der Waals surface area (Å²) in [6.07, 6.45) is 3.83. The largest absolute Gasteiger partial charge is 0.504 e. The van der Waals surface area contributed by atoms with E-state index < -0.39 is 5.82 Å². The van der Waals surface area contributed by atoms with E-state index in [9.17, 15) is 9.50 Å². The third kappa shape index (κ3) is 3.70. The molecule has 2 aromatic carbocycles. The molecule has 0 saturated heterocycles. The number of nitrogen functional groups attached to an aromatic ring is 1. The van der Waals surface area contributed by atoms with Crippen molar-refractivity contribution < 1.29 is 14.2 Å². The second-order valence-corrected chi connectivity index (χ2v) is 5.69. The van der Waals surface area contributed by atoms with Gasteiger partial charge < -0.3 is 15.6 Å². The van der Waals surface area contributed by atoms with Crippen LogP contribution in [0.5, 0.6) is 17.2 Å². The Bertz CT molecular complexity index is 844. The maximum absolute atomic E-state index is 13.7. The zero-order chi connectivity index (χ0) is 16.2. The van der Waals surface area contributed by atoms with Gasteiger partial charge in [0.2, 0.25) is 0 Å². The number of phenolic OH excluding ortho intramolecular Hbond substituents is 1. The molecule has 5 heteroatoms. The Morgan fingerprint density at radius 1 is 1.00 bits per heavy atom. The molecule has 0 bridgehead atoms. The maximum Gasteiger partial charge on any atom is 0.169 e. The molecule has 0 saturated carbocycles. The minimum absolute atomic E-state index is 0.0102. The summed E-state index contributed by atoms with van der Waals surface area (Å²) in [5.41, 5.74) is 7.72. The quantitative estimate of drug-likeness (QED) is 0.653. The summed E-state index contributed by atoms with van der Waals surface area (Å²) in [6.45, 7) is 0. The van der Waals surface area contributed by atoms with Crippen molar-refractivity contribution in [2.24, 2.45) is 0 Å². The summed E-state index contributed by atoms with van der Waals surface area (Å²) in [4.78, 5) is 0. The summed E-state index contributed by atoms with van der Waals surface area (Å²) < 4.78 is 19.1. The van der Waals surface area contributed by atoms with Gasteiger partial charge in [-0.15, -0.1) is 0 Å². The van der Waals surface area contributed by atoms with Crippen LogP contribution in [0, 0.1) is 5.82 Å². The van der Waals surface area contributed by atoms with Gasteiger partial charge in [0.05, 0.1) is 0 Å². The highest BCUT2D eigenvalue weighted by molar-refractivity contribution is 7.08. The summed E-state index contributed by atoms with van der Waals surface area (Å²) in [5.74, 6) is -0.447. The molecular formula is C18H14FNO2S. The van der Waals surface area contributed by atoms with Crippen LogP contribution in [0.25, 0.3) is 12.2 Å². The molecule has 1 heterocycles. The van der Waals surface area contributed by atoms with Crippen LogP contribution < -0.4 is 10.5 Å². The monoisotopic (exact) mass is 327 g/mol. The third-order valence-corrected chi connectivity index (χ3v) is 3.87. The molecular weight excluding hydrogens is 313 g/mol. The summed E-state index contributed by atoms with van der Waals surface area (Å²) in [7, 11) is 0. The Morgan fingerprint density at radius 3 is 2.48 bits per heavy atom. The Morgan fingerprint density at radius 2 is 1.78 bits per heavy atom. The first-order valence-electron chi connectivity index (χ1n) is 6.88. The highest BCUT2D eigenvalue weighted by atomic mass is 32.1. The van der Waals surface area contributed by atoms with Gasteiger partial charge in [-0.25, -0.2) is 4.39 Å². The average molecular weight is 327 g/mol. The van der Waals surface area contributed by atoms with Crippen molar-refractivity contribution in [3.8, 4) is 17.2 Å². The first kappa shape index (κ1) is 15.1. The van der Waals surface area contributed by atoms with E-state index in [4.69, 9.17) is 10.5 Å². The number of phenols is 1. The van der Waals surface area contributed by atoms with Crippen LogP contribution in [0.4, 0.5) is 10.1 Å². The molecule has 0 radical (unpaired) electrons. The standard InChI is InChI=1S/C18H14FNO2S/c19-15-10-14(20)4-6-17(15)22-18-5-3-12(9-16(18)21)1-2-13-7-8-23-11-13/h1-11,21H,20H2. The summed E-state index contributed by atoms with van der Waals surface area (Å²) in [6, 6.07) is 11.1. The van der Waals surface area contributed by atoms with Crippen LogP contribution >= 0.6 is 11.3 Å². The number of ether oxygens (including phenoxy) is 1. The van der Waals surface area contributed by atoms with Gasteiger partial charge >= 0.3 is 0 Å². The number of aromatic hydroxyl groups is 1. The molecule has 3 nitrogen and oxygen atoms in total. The Labute approximate surface area is 137 Å². The van der Waals surface area contributed by atoms with Crippen LogP contribution in [0.1, 0.15) is 11.1 Å². The zero-order valence-electron chi connectivity index (χ0n) is 12.1. The van der Waals surface area contributed by atoms with Crippen molar-refractivity contribution in [2.75, 3.05) is 5.73 Å². The third-order valence-electron chi connectivity index (χ3n) is 3.17. The second-order valence-electron chi connectivity index (χ2n) is 4.91. The number of anilines is 1. The van der Waals surface area contributed by atoms with Gasteiger partial charge in [-0.1, -0.05) is 18.2 Å². The molecule has 116 valence electrons. The molecule has 3 rings (SSSR count). The fourth-order valence-corrected chi connectivity index (χ4v) is 2.63. The van der Waals surface area contributed by atoms with E-state index >= 15 is 0 Å². The number of hydrogen-bond acceptors (Lipinski definition) is 4. The number of thiophene rings is 1. The van der Waals surface area contributed by atoms with E-state index in [1.807, 2.05) is 29.0 Å². The van der Waals surface area contributed by atoms with Crippen molar-refractivity contribution in [1.82, 2.24) is 0 Å². The Kier molecular flexibility index (Phi) is 4.30. The fraction of sp³-hybridized carbons (Fsp3) is 0. The molecule has 0 aliphatic heterocycles. The minimum Gasteiger partial charge on any atom is -0.504 e. The molecule has 0 spiro atoms. The van der Waals surface area contributed by atoms with Crippen LogP contribution in [0.3, 0.4) is 0 Å². The lowest BCUT2D eigenvalue weighted by Crippen LogP contribution is -1.91. The number of rotatable bonds is 4.